The molecule has 116 valence electrons. The molecule has 10 heteroatoms. The average molecular weight is 349 g/mol. The zero-order chi connectivity index (χ0) is 16.5. The number of sulfonamides is 1. The summed E-state index contributed by atoms with van der Waals surface area (Å²) in [5.41, 5.74) is -1.09. The van der Waals surface area contributed by atoms with Crippen molar-refractivity contribution in [1.29, 1.82) is 0 Å². The van der Waals surface area contributed by atoms with Crippen LogP contribution < -0.4 is 4.72 Å². The summed E-state index contributed by atoms with van der Waals surface area (Å²) in [5.74, 6) is -1.99. The SMILES string of the molecule is O=[N+]([O-])c1cc(S(=O)(=O)Nc2ccc(F)cc2F)ccc1Cl. The van der Waals surface area contributed by atoms with Gasteiger partial charge in [-0.1, -0.05) is 11.6 Å². The van der Waals surface area contributed by atoms with E-state index < -0.39 is 42.9 Å². The predicted octanol–water partition coefficient (Wildman–Crippen LogP) is 3.33. The third-order valence-corrected chi connectivity index (χ3v) is 4.28. The van der Waals surface area contributed by atoms with E-state index in [-0.39, 0.29) is 5.02 Å². The molecule has 0 unspecified atom stereocenters. The van der Waals surface area contributed by atoms with Gasteiger partial charge in [0.25, 0.3) is 15.7 Å². The van der Waals surface area contributed by atoms with Crippen LogP contribution in [0.3, 0.4) is 0 Å². The average Bonchev–Trinajstić information content (AvgIpc) is 2.42. The third-order valence-electron chi connectivity index (χ3n) is 2.60. The van der Waals surface area contributed by atoms with Gasteiger partial charge in [0.2, 0.25) is 0 Å². The highest BCUT2D eigenvalue weighted by molar-refractivity contribution is 7.92. The Hall–Kier alpha value is -2.26. The summed E-state index contributed by atoms with van der Waals surface area (Å²) >= 11 is 5.59. The van der Waals surface area contributed by atoms with Crippen LogP contribution in [0.15, 0.2) is 41.3 Å². The summed E-state index contributed by atoms with van der Waals surface area (Å²) in [5, 5.41) is 10.5. The lowest BCUT2D eigenvalue weighted by atomic mass is 10.3. The highest BCUT2D eigenvalue weighted by Gasteiger charge is 2.21. The number of nitro benzene ring substituents is 1. The van der Waals surface area contributed by atoms with Gasteiger partial charge >= 0.3 is 0 Å². The van der Waals surface area contributed by atoms with Gasteiger partial charge in [-0.15, -0.1) is 0 Å². The maximum Gasteiger partial charge on any atom is 0.289 e. The first-order valence-corrected chi connectivity index (χ1v) is 7.48. The molecule has 6 nitrogen and oxygen atoms in total. The Kier molecular flexibility index (Phi) is 4.29. The standard InChI is InChI=1S/C12H7ClF2N2O4S/c13-9-3-2-8(6-12(9)17(18)19)22(20,21)16-11-4-1-7(14)5-10(11)15/h1-6,16H. The van der Waals surface area contributed by atoms with Crippen molar-refractivity contribution < 1.29 is 22.1 Å². The number of nitrogens with zero attached hydrogens (tertiary/aromatic N) is 1. The third kappa shape index (κ3) is 3.31. The van der Waals surface area contributed by atoms with Crippen LogP contribution in [0.1, 0.15) is 0 Å². The second kappa shape index (κ2) is 5.85. The van der Waals surface area contributed by atoms with Gasteiger partial charge in [0.05, 0.1) is 15.5 Å². The Morgan fingerprint density at radius 1 is 1.14 bits per heavy atom. The van der Waals surface area contributed by atoms with Gasteiger partial charge in [-0.25, -0.2) is 17.2 Å². The maximum atomic E-state index is 13.5. The Labute approximate surface area is 128 Å². The monoisotopic (exact) mass is 348 g/mol. The first kappa shape index (κ1) is 16.1. The largest absolute Gasteiger partial charge is 0.289 e. The van der Waals surface area contributed by atoms with Crippen LogP contribution in [0, 0.1) is 21.7 Å². The number of anilines is 1. The molecule has 2 rings (SSSR count). The van der Waals surface area contributed by atoms with Gasteiger partial charge in [-0.3, -0.25) is 14.8 Å². The molecule has 0 aliphatic carbocycles. The predicted molar refractivity (Wildman–Crippen MR) is 75.3 cm³/mol. The fourth-order valence-corrected chi connectivity index (χ4v) is 2.85. The molecule has 0 aliphatic heterocycles. The summed E-state index contributed by atoms with van der Waals surface area (Å²) in [6.45, 7) is 0. The van der Waals surface area contributed by atoms with E-state index in [9.17, 15) is 27.3 Å². The zero-order valence-electron chi connectivity index (χ0n) is 10.6. The van der Waals surface area contributed by atoms with Crippen molar-refractivity contribution in [2.75, 3.05) is 4.72 Å². The van der Waals surface area contributed by atoms with Gasteiger partial charge in [0, 0.05) is 12.1 Å². The number of nitro groups is 1. The highest BCUT2D eigenvalue weighted by atomic mass is 35.5. The van der Waals surface area contributed by atoms with Crippen LogP contribution in [-0.4, -0.2) is 13.3 Å². The van der Waals surface area contributed by atoms with Crippen LogP contribution in [0.5, 0.6) is 0 Å². The molecule has 0 fully saturated rings. The number of nitrogens with one attached hydrogen (secondary N) is 1. The van der Waals surface area contributed by atoms with Gasteiger partial charge < -0.3 is 0 Å². The fourth-order valence-electron chi connectivity index (χ4n) is 1.58. The molecular formula is C12H7ClF2N2O4S. The Balaban J connectivity index is 2.42. The molecule has 2 aromatic carbocycles. The van der Waals surface area contributed by atoms with Crippen molar-refractivity contribution in [3.63, 3.8) is 0 Å². The molecule has 0 spiro atoms. The Morgan fingerprint density at radius 2 is 1.82 bits per heavy atom. The number of hydrogen-bond acceptors (Lipinski definition) is 4. The normalized spacial score (nSPS) is 11.2. The Morgan fingerprint density at radius 3 is 2.41 bits per heavy atom. The number of hydrogen-bond donors (Lipinski definition) is 1. The molecule has 22 heavy (non-hydrogen) atoms. The van der Waals surface area contributed by atoms with E-state index in [2.05, 4.69) is 0 Å². The summed E-state index contributed by atoms with van der Waals surface area (Å²) in [6, 6.07) is 5.07. The second-order valence-electron chi connectivity index (χ2n) is 4.10. The van der Waals surface area contributed by atoms with Crippen molar-refractivity contribution in [2.24, 2.45) is 0 Å². The van der Waals surface area contributed by atoms with Crippen molar-refractivity contribution >= 4 is 33.0 Å². The minimum Gasteiger partial charge on any atom is -0.277 e. The van der Waals surface area contributed by atoms with E-state index in [1.165, 1.54) is 0 Å². The van der Waals surface area contributed by atoms with Crippen molar-refractivity contribution in [3.8, 4) is 0 Å². The molecule has 0 atom stereocenters. The topological polar surface area (TPSA) is 89.3 Å². The molecule has 0 amide bonds. The van der Waals surface area contributed by atoms with Crippen molar-refractivity contribution in [2.45, 2.75) is 4.90 Å². The lowest BCUT2D eigenvalue weighted by molar-refractivity contribution is -0.384. The van der Waals surface area contributed by atoms with Crippen LogP contribution in [0.25, 0.3) is 0 Å². The minimum atomic E-state index is -4.30. The van der Waals surface area contributed by atoms with Gasteiger partial charge in [-0.2, -0.15) is 0 Å². The molecule has 0 aromatic heterocycles. The number of halogens is 3. The quantitative estimate of drug-likeness (QED) is 0.678. The summed E-state index contributed by atoms with van der Waals surface area (Å²) in [4.78, 5) is 9.43. The van der Waals surface area contributed by atoms with Crippen molar-refractivity contribution in [3.05, 3.63) is 63.2 Å². The first-order valence-electron chi connectivity index (χ1n) is 5.62. The number of rotatable bonds is 4. The molecular weight excluding hydrogens is 342 g/mol. The molecule has 0 aliphatic rings. The molecule has 0 radical (unpaired) electrons. The van der Waals surface area contributed by atoms with Crippen LogP contribution in [0.2, 0.25) is 5.02 Å². The van der Waals surface area contributed by atoms with E-state index in [1.54, 1.807) is 0 Å². The zero-order valence-corrected chi connectivity index (χ0v) is 12.2. The molecule has 0 heterocycles. The van der Waals surface area contributed by atoms with Gasteiger partial charge in [0.1, 0.15) is 16.7 Å². The van der Waals surface area contributed by atoms with Crippen LogP contribution in [-0.2, 0) is 10.0 Å². The molecule has 0 bridgehead atoms. The fraction of sp³-hybridized carbons (Fsp3) is 0. The van der Waals surface area contributed by atoms with E-state index in [1.807, 2.05) is 4.72 Å². The first-order chi connectivity index (χ1) is 10.2. The van der Waals surface area contributed by atoms with Gasteiger partial charge in [0.15, 0.2) is 0 Å². The molecule has 1 N–H and O–H groups in total. The summed E-state index contributed by atoms with van der Waals surface area (Å²) in [6.07, 6.45) is 0. The molecule has 0 saturated heterocycles. The van der Waals surface area contributed by atoms with Crippen LogP contribution >= 0.6 is 11.6 Å². The lowest BCUT2D eigenvalue weighted by Crippen LogP contribution is -2.14. The van der Waals surface area contributed by atoms with Crippen LogP contribution in [0.4, 0.5) is 20.2 Å². The minimum absolute atomic E-state index is 0.239. The van der Waals surface area contributed by atoms with E-state index in [0.29, 0.717) is 6.07 Å². The van der Waals surface area contributed by atoms with Crippen molar-refractivity contribution in [1.82, 2.24) is 0 Å². The van der Waals surface area contributed by atoms with E-state index in [4.69, 9.17) is 11.6 Å². The van der Waals surface area contributed by atoms with E-state index in [0.717, 1.165) is 30.3 Å². The summed E-state index contributed by atoms with van der Waals surface area (Å²) in [7, 11) is -4.30. The number of benzene rings is 2. The van der Waals surface area contributed by atoms with Gasteiger partial charge in [-0.05, 0) is 24.3 Å². The second-order valence-corrected chi connectivity index (χ2v) is 6.19. The lowest BCUT2D eigenvalue weighted by Gasteiger charge is -2.09. The molecule has 0 saturated carbocycles. The summed E-state index contributed by atoms with van der Waals surface area (Å²) < 4.78 is 52.3. The van der Waals surface area contributed by atoms with E-state index >= 15 is 0 Å². The smallest absolute Gasteiger partial charge is 0.277 e. The highest BCUT2D eigenvalue weighted by Crippen LogP contribution is 2.28. The maximum absolute atomic E-state index is 13.5. The Bertz CT molecular complexity index is 858. The molecule has 2 aromatic rings.